The molecule has 0 spiro atoms. The smallest absolute Gasteiger partial charge is 0.0920 e. The topological polar surface area (TPSA) is 0 Å². The van der Waals surface area contributed by atoms with Crippen molar-refractivity contribution in [2.45, 2.75) is 120 Å². The van der Waals surface area contributed by atoms with Gasteiger partial charge in [0.25, 0.3) is 0 Å². The Balaban J connectivity index is 0.000000166. The van der Waals surface area contributed by atoms with Crippen LogP contribution in [0.3, 0.4) is 0 Å². The molecule has 1 aliphatic rings. The zero-order valence-electron chi connectivity index (χ0n) is 41.1. The van der Waals surface area contributed by atoms with Crippen LogP contribution in [0.5, 0.6) is 0 Å². The van der Waals surface area contributed by atoms with Gasteiger partial charge in [-0.3, -0.25) is 0 Å². The summed E-state index contributed by atoms with van der Waals surface area (Å²) < 4.78 is 0. The molecule has 0 aromatic heterocycles. The molecule has 1 heterocycles. The van der Waals surface area contributed by atoms with Gasteiger partial charge in [-0.25, -0.2) is 0 Å². The summed E-state index contributed by atoms with van der Waals surface area (Å²) >= 11 is -0.826. The van der Waals surface area contributed by atoms with Gasteiger partial charge in [0, 0.05) is 0 Å². The van der Waals surface area contributed by atoms with Crippen molar-refractivity contribution < 1.29 is 20.8 Å². The molecule has 0 fully saturated rings. The normalized spacial score (nSPS) is 11.6. The Labute approximate surface area is 419 Å². The summed E-state index contributed by atoms with van der Waals surface area (Å²) in [5.41, 5.74) is 17.4. The zero-order valence-corrected chi connectivity index (χ0v) is 46.1. The summed E-state index contributed by atoms with van der Waals surface area (Å²) in [6, 6.07) is 55.2. The predicted octanol–water partition coefficient (Wildman–Crippen LogP) is 17.5. The first-order chi connectivity index (χ1) is 31.9. The molecule has 8 aromatic rings. The van der Waals surface area contributed by atoms with Crippen LogP contribution in [0.4, 0.5) is 0 Å². The van der Waals surface area contributed by atoms with Gasteiger partial charge in [0.2, 0.25) is 0 Å². The summed E-state index contributed by atoms with van der Waals surface area (Å²) in [5, 5.41) is 8.49. The van der Waals surface area contributed by atoms with Crippen molar-refractivity contribution >= 4 is 58.5 Å². The second-order valence-corrected chi connectivity index (χ2v) is 24.3. The minimum Gasteiger partial charge on any atom is -0.184 e. The molecule has 342 valence electrons. The maximum atomic E-state index is 4.93. The fourth-order valence-corrected chi connectivity index (χ4v) is 11.0. The summed E-state index contributed by atoms with van der Waals surface area (Å²) in [5.74, 6) is 2.45. The molecule has 0 atom stereocenters. The van der Waals surface area contributed by atoms with Gasteiger partial charge in [-0.2, -0.15) is 41.6 Å². The standard InChI is InChI=1S/2C25H31.C12H7Si.2ClH.Zr/c2*1-6-9-20-12-13-21-15-19(14-17(2)3)16-24(21)25(20)23-11-8-7-10-22(23)18(4)5;1-3-7-11-9(5-1)10-6-2-4-8-12(10)13-11;;;/h2*7-8,10-13,15-18H,6,9,14H2,1-5H3;1-7H;2*1H;/q3*-1;;;+2/p-2. The molecule has 0 amide bonds. The number of halogens is 2. The van der Waals surface area contributed by atoms with Gasteiger partial charge in [-0.15, -0.1) is 74.6 Å². The third-order valence-corrected chi connectivity index (χ3v) is 13.8. The fourth-order valence-electron chi connectivity index (χ4n) is 9.73. The quantitative estimate of drug-likeness (QED) is 0.0845. The van der Waals surface area contributed by atoms with E-state index in [1.807, 2.05) is 6.07 Å². The second-order valence-electron chi connectivity index (χ2n) is 19.3. The van der Waals surface area contributed by atoms with Crippen molar-refractivity contribution in [3.63, 3.8) is 0 Å². The summed E-state index contributed by atoms with van der Waals surface area (Å²) in [6.45, 7) is 23.0. The Morgan fingerprint density at radius 2 is 0.955 bits per heavy atom. The number of hydrogen-bond acceptors (Lipinski definition) is 0. The third-order valence-electron chi connectivity index (χ3n) is 12.4. The molecule has 1 aliphatic heterocycles. The molecule has 0 N–H and O–H groups in total. The van der Waals surface area contributed by atoms with Crippen molar-refractivity contribution in [1.82, 2.24) is 0 Å². The van der Waals surface area contributed by atoms with Crippen molar-refractivity contribution in [1.29, 1.82) is 0 Å². The molecular formula is C62H69Cl2SiZr-3. The van der Waals surface area contributed by atoms with Gasteiger partial charge < -0.3 is 0 Å². The molecule has 0 bridgehead atoms. The van der Waals surface area contributed by atoms with Crippen LogP contribution in [-0.4, -0.2) is 9.52 Å². The van der Waals surface area contributed by atoms with Gasteiger partial charge >= 0.3 is 37.9 Å². The van der Waals surface area contributed by atoms with Gasteiger partial charge in [0.1, 0.15) is 0 Å². The molecule has 0 aliphatic carbocycles. The van der Waals surface area contributed by atoms with E-state index in [-0.39, 0.29) is 0 Å². The van der Waals surface area contributed by atoms with E-state index < -0.39 is 20.8 Å². The van der Waals surface area contributed by atoms with Gasteiger partial charge in [-0.05, 0) is 71.6 Å². The first-order valence-corrected chi connectivity index (χ1v) is 31.7. The fraction of sp³-hybridized carbons (Fsp3) is 0.323. The molecular weight excluding hydrogens is 935 g/mol. The van der Waals surface area contributed by atoms with Crippen molar-refractivity contribution in [3.8, 4) is 33.4 Å². The van der Waals surface area contributed by atoms with Gasteiger partial charge in [0.05, 0.1) is 9.52 Å². The first-order valence-electron chi connectivity index (χ1n) is 24.3. The van der Waals surface area contributed by atoms with E-state index in [0.717, 1.165) is 35.2 Å². The van der Waals surface area contributed by atoms with Crippen LogP contribution >= 0.6 is 17.0 Å². The van der Waals surface area contributed by atoms with Crippen LogP contribution in [0.1, 0.15) is 127 Å². The molecule has 66 heavy (non-hydrogen) atoms. The maximum Gasteiger partial charge on any atom is 0.0920 e. The van der Waals surface area contributed by atoms with Crippen LogP contribution in [0, 0.1) is 17.9 Å². The molecule has 0 saturated heterocycles. The minimum absolute atomic E-state index is 0.533. The SMILES string of the molecule is CCCc1ccc2[cH-]c(CC(C)C)cc2c1-c1ccccc1C(C)C.CCCc1ccc2[cH-]c(CC(C)C)cc2c1-c1ccccc1C(C)C.[Cl][Zr][Cl].[c-]1cccc2c1[Si]c1ccccc1-2. The monoisotopic (exact) mass is 1000 g/mol. The van der Waals surface area contributed by atoms with E-state index in [1.165, 1.54) is 112 Å². The number of fused-ring (bicyclic) bond motifs is 5. The van der Waals surface area contributed by atoms with E-state index in [1.54, 1.807) is 0 Å². The zero-order chi connectivity index (χ0) is 47.3. The van der Waals surface area contributed by atoms with Gasteiger partial charge in [0.15, 0.2) is 0 Å². The Morgan fingerprint density at radius 1 is 0.530 bits per heavy atom. The molecule has 0 saturated carbocycles. The molecule has 8 aromatic carbocycles. The van der Waals surface area contributed by atoms with E-state index >= 15 is 0 Å². The molecule has 9 rings (SSSR count). The second kappa shape index (κ2) is 25.0. The Hall–Kier alpha value is -3.78. The maximum absolute atomic E-state index is 4.93. The number of hydrogen-bond donors (Lipinski definition) is 0. The molecule has 4 heteroatoms. The average Bonchev–Trinajstić information content (AvgIpc) is 4.01. The van der Waals surface area contributed by atoms with Gasteiger partial charge in [-0.1, -0.05) is 188 Å². The van der Waals surface area contributed by atoms with Crippen molar-refractivity contribution in [2.75, 3.05) is 0 Å². The van der Waals surface area contributed by atoms with Crippen LogP contribution in [0.2, 0.25) is 0 Å². The van der Waals surface area contributed by atoms with Crippen molar-refractivity contribution in [2.24, 2.45) is 11.8 Å². The summed E-state index contributed by atoms with van der Waals surface area (Å²) in [4.78, 5) is 0. The summed E-state index contributed by atoms with van der Waals surface area (Å²) in [6.07, 6.45) is 6.96. The van der Waals surface area contributed by atoms with E-state index in [2.05, 4.69) is 209 Å². The number of benzene rings is 6. The molecule has 2 radical (unpaired) electrons. The van der Waals surface area contributed by atoms with Crippen molar-refractivity contribution in [3.05, 3.63) is 179 Å². The Kier molecular flexibility index (Phi) is 19.6. The molecule has 0 nitrogen and oxygen atoms in total. The van der Waals surface area contributed by atoms with E-state index in [9.17, 15) is 0 Å². The van der Waals surface area contributed by atoms with Crippen LogP contribution < -0.4 is 10.4 Å². The van der Waals surface area contributed by atoms with E-state index in [4.69, 9.17) is 17.0 Å². The Bertz CT molecular complexity index is 2590. The Morgan fingerprint density at radius 3 is 1.39 bits per heavy atom. The minimum atomic E-state index is -0.826. The largest absolute Gasteiger partial charge is 0.184 e. The van der Waals surface area contributed by atoms with Crippen LogP contribution in [0.25, 0.3) is 54.9 Å². The number of rotatable bonds is 12. The summed E-state index contributed by atoms with van der Waals surface area (Å²) in [7, 11) is 10.7. The van der Waals surface area contributed by atoms with Crippen LogP contribution in [0.15, 0.2) is 140 Å². The predicted molar refractivity (Wildman–Crippen MR) is 291 cm³/mol. The van der Waals surface area contributed by atoms with Crippen LogP contribution in [-0.2, 0) is 46.5 Å². The van der Waals surface area contributed by atoms with E-state index in [0.29, 0.717) is 23.7 Å². The third kappa shape index (κ3) is 12.8. The molecule has 0 unspecified atom stereocenters. The first kappa shape index (κ1) is 51.6. The average molecular weight is 1000 g/mol. The number of aryl methyl sites for hydroxylation is 2.